The highest BCUT2D eigenvalue weighted by atomic mass is 19.1. The van der Waals surface area contributed by atoms with Crippen molar-refractivity contribution in [1.82, 2.24) is 0 Å². The van der Waals surface area contributed by atoms with Crippen LogP contribution in [0, 0.1) is 18.7 Å². The summed E-state index contributed by atoms with van der Waals surface area (Å²) in [6.45, 7) is 3.13. The van der Waals surface area contributed by atoms with Crippen molar-refractivity contribution in [3.63, 3.8) is 0 Å². The monoisotopic (exact) mass is 249 g/mol. The van der Waals surface area contributed by atoms with E-state index < -0.39 is 0 Å². The van der Waals surface area contributed by atoms with Crippen molar-refractivity contribution in [1.29, 1.82) is 0 Å². The molecule has 0 radical (unpaired) electrons. The lowest BCUT2D eigenvalue weighted by Crippen LogP contribution is -2.26. The maximum absolute atomic E-state index is 13.6. The first-order valence-electron chi connectivity index (χ1n) is 6.03. The van der Waals surface area contributed by atoms with Gasteiger partial charge in [-0.15, -0.1) is 0 Å². The van der Waals surface area contributed by atoms with E-state index in [1.165, 1.54) is 13.0 Å². The van der Waals surface area contributed by atoms with E-state index in [4.69, 9.17) is 5.73 Å². The molecule has 1 atom stereocenters. The van der Waals surface area contributed by atoms with Crippen LogP contribution in [0.2, 0.25) is 0 Å². The van der Waals surface area contributed by atoms with Crippen LogP contribution in [0.5, 0.6) is 0 Å². The highest BCUT2D eigenvalue weighted by molar-refractivity contribution is 6.06. The largest absolute Gasteiger partial charge is 0.398 e. The zero-order chi connectivity index (χ0) is 13.4. The van der Waals surface area contributed by atoms with Gasteiger partial charge in [-0.05, 0) is 43.9 Å². The molecule has 18 heavy (non-hydrogen) atoms. The number of carbonyl (C=O) groups excluding carboxylic acids is 2. The van der Waals surface area contributed by atoms with Gasteiger partial charge in [0.1, 0.15) is 11.6 Å². The fourth-order valence-corrected chi connectivity index (χ4v) is 2.62. The molecule has 0 heterocycles. The first-order valence-corrected chi connectivity index (χ1v) is 6.03. The summed E-state index contributed by atoms with van der Waals surface area (Å²) >= 11 is 0. The Kier molecular flexibility index (Phi) is 3.20. The molecule has 0 amide bonds. The molecule has 1 aliphatic carbocycles. The lowest BCUT2D eigenvalue weighted by Gasteiger charge is -2.25. The summed E-state index contributed by atoms with van der Waals surface area (Å²) in [5, 5.41) is 0. The van der Waals surface area contributed by atoms with E-state index >= 15 is 0 Å². The summed E-state index contributed by atoms with van der Waals surface area (Å²) in [5.74, 6) is -0.799. The Hall–Kier alpha value is -1.71. The number of halogens is 1. The van der Waals surface area contributed by atoms with Crippen molar-refractivity contribution in [2.75, 3.05) is 5.73 Å². The van der Waals surface area contributed by atoms with Crippen LogP contribution in [0.25, 0.3) is 0 Å². The molecule has 4 heteroatoms. The third-order valence-electron chi connectivity index (χ3n) is 3.58. The Labute approximate surface area is 105 Å². The Balaban J connectivity index is 2.47. The highest BCUT2D eigenvalue weighted by Gasteiger charge is 2.31. The fraction of sp³-hybridized carbons (Fsp3) is 0.429. The molecule has 3 nitrogen and oxygen atoms in total. The smallest absolute Gasteiger partial charge is 0.168 e. The van der Waals surface area contributed by atoms with E-state index in [0.29, 0.717) is 29.5 Å². The van der Waals surface area contributed by atoms with Gasteiger partial charge in [0.15, 0.2) is 5.78 Å². The van der Waals surface area contributed by atoms with Crippen molar-refractivity contribution in [2.45, 2.75) is 33.1 Å². The van der Waals surface area contributed by atoms with Gasteiger partial charge < -0.3 is 10.5 Å². The summed E-state index contributed by atoms with van der Waals surface area (Å²) in [7, 11) is 0. The number of nitrogens with two attached hydrogens (primary N) is 1. The van der Waals surface area contributed by atoms with Gasteiger partial charge in [0.25, 0.3) is 0 Å². The van der Waals surface area contributed by atoms with Gasteiger partial charge in [0, 0.05) is 23.6 Å². The molecule has 1 aromatic carbocycles. The molecule has 0 bridgehead atoms. The van der Waals surface area contributed by atoms with Crippen LogP contribution in [-0.4, -0.2) is 11.6 Å². The zero-order valence-corrected chi connectivity index (χ0v) is 10.5. The molecule has 1 aromatic rings. The molecule has 2 N–H and O–H groups in total. The normalized spacial score (nSPS) is 18.6. The number of fused-ring (bicyclic) bond motifs is 1. The molecule has 0 aromatic heterocycles. The number of rotatable bonds is 2. The van der Waals surface area contributed by atoms with Crippen molar-refractivity contribution in [3.05, 3.63) is 28.6 Å². The number of Topliss-reactive ketones (excluding diaryl/α,β-unsaturated/α-hetero) is 2. The van der Waals surface area contributed by atoms with Crippen molar-refractivity contribution in [3.8, 4) is 0 Å². The molecule has 96 valence electrons. The maximum atomic E-state index is 13.6. The molecule has 0 fully saturated rings. The van der Waals surface area contributed by atoms with E-state index in [1.54, 1.807) is 6.92 Å². The van der Waals surface area contributed by atoms with Crippen LogP contribution in [0.3, 0.4) is 0 Å². The molecule has 0 aliphatic heterocycles. The quantitative estimate of drug-likeness (QED) is 0.819. The summed E-state index contributed by atoms with van der Waals surface area (Å²) in [5.41, 5.74) is 7.56. The Morgan fingerprint density at radius 2 is 2.22 bits per heavy atom. The van der Waals surface area contributed by atoms with E-state index in [9.17, 15) is 14.0 Å². The maximum Gasteiger partial charge on any atom is 0.168 e. The first-order chi connectivity index (χ1) is 8.41. The molecule has 0 saturated heterocycles. The summed E-state index contributed by atoms with van der Waals surface area (Å²) < 4.78 is 13.6. The van der Waals surface area contributed by atoms with E-state index in [-0.39, 0.29) is 35.4 Å². The fourth-order valence-electron chi connectivity index (χ4n) is 2.62. The van der Waals surface area contributed by atoms with Gasteiger partial charge in [-0.25, -0.2) is 4.39 Å². The second-order valence-electron chi connectivity index (χ2n) is 4.93. The van der Waals surface area contributed by atoms with Gasteiger partial charge >= 0.3 is 0 Å². The van der Waals surface area contributed by atoms with Crippen LogP contribution in [0.15, 0.2) is 6.07 Å². The van der Waals surface area contributed by atoms with Gasteiger partial charge in [-0.2, -0.15) is 0 Å². The van der Waals surface area contributed by atoms with Crippen molar-refractivity contribution >= 4 is 17.3 Å². The zero-order valence-electron chi connectivity index (χ0n) is 10.5. The standard InChI is InChI=1S/C14H16FNO2/c1-7(17)5-9-3-4-10-8(2)11(15)6-12(16)13(10)14(9)18/h6,9H,3-5,16H2,1-2H3. The van der Waals surface area contributed by atoms with Gasteiger partial charge in [0.2, 0.25) is 0 Å². The molecule has 1 unspecified atom stereocenters. The topological polar surface area (TPSA) is 60.2 Å². The molecule has 0 spiro atoms. The van der Waals surface area contributed by atoms with Crippen LogP contribution in [0.1, 0.15) is 41.3 Å². The number of ketones is 2. The summed E-state index contributed by atoms with van der Waals surface area (Å²) in [6, 6.07) is 1.20. The SMILES string of the molecule is CC(=O)CC1CCc2c(C)c(F)cc(N)c2C1=O. The number of anilines is 1. The minimum Gasteiger partial charge on any atom is -0.398 e. The third-order valence-corrected chi connectivity index (χ3v) is 3.58. The third kappa shape index (κ3) is 2.03. The Morgan fingerprint density at radius 3 is 2.83 bits per heavy atom. The Bertz CT molecular complexity index is 537. The number of hydrogen-bond acceptors (Lipinski definition) is 3. The van der Waals surface area contributed by atoms with Crippen LogP contribution in [-0.2, 0) is 11.2 Å². The predicted molar refractivity (Wildman–Crippen MR) is 67.0 cm³/mol. The van der Waals surface area contributed by atoms with E-state index in [2.05, 4.69) is 0 Å². The minimum atomic E-state index is -0.371. The van der Waals surface area contributed by atoms with E-state index in [0.717, 1.165) is 0 Å². The number of benzene rings is 1. The lowest BCUT2D eigenvalue weighted by atomic mass is 9.78. The van der Waals surface area contributed by atoms with Crippen molar-refractivity contribution in [2.24, 2.45) is 5.92 Å². The van der Waals surface area contributed by atoms with Gasteiger partial charge in [-0.3, -0.25) is 4.79 Å². The van der Waals surface area contributed by atoms with Gasteiger partial charge in [-0.1, -0.05) is 0 Å². The number of nitrogen functional groups attached to an aromatic ring is 1. The molecule has 1 aliphatic rings. The molecular formula is C14H16FNO2. The average molecular weight is 249 g/mol. The predicted octanol–water partition coefficient (Wildman–Crippen LogP) is 2.44. The second-order valence-corrected chi connectivity index (χ2v) is 4.93. The van der Waals surface area contributed by atoms with E-state index in [1.807, 2.05) is 0 Å². The average Bonchev–Trinajstić information content (AvgIpc) is 2.28. The van der Waals surface area contributed by atoms with Crippen LogP contribution < -0.4 is 5.73 Å². The first kappa shape index (κ1) is 12.7. The second kappa shape index (κ2) is 4.52. The minimum absolute atomic E-state index is 0.00537. The summed E-state index contributed by atoms with van der Waals surface area (Å²) in [4.78, 5) is 23.4. The van der Waals surface area contributed by atoms with Crippen LogP contribution in [0.4, 0.5) is 10.1 Å². The highest BCUT2D eigenvalue weighted by Crippen LogP contribution is 2.34. The molecular weight excluding hydrogens is 233 g/mol. The van der Waals surface area contributed by atoms with Crippen LogP contribution >= 0.6 is 0 Å². The van der Waals surface area contributed by atoms with Crippen molar-refractivity contribution < 1.29 is 14.0 Å². The molecule has 0 saturated carbocycles. The molecule has 2 rings (SSSR count). The van der Waals surface area contributed by atoms with Gasteiger partial charge in [0.05, 0.1) is 0 Å². The number of hydrogen-bond donors (Lipinski definition) is 1. The number of carbonyl (C=O) groups is 2. The lowest BCUT2D eigenvalue weighted by molar-refractivity contribution is -0.117. The summed E-state index contributed by atoms with van der Waals surface area (Å²) in [6.07, 6.45) is 1.44. The Morgan fingerprint density at radius 1 is 1.56 bits per heavy atom.